The van der Waals surface area contributed by atoms with E-state index in [9.17, 15) is 19.5 Å². The molecule has 0 spiro atoms. The van der Waals surface area contributed by atoms with Crippen LogP contribution in [0.15, 0.2) is 39.7 Å². The molecule has 25 heavy (non-hydrogen) atoms. The maximum absolute atomic E-state index is 12.3. The topological polar surface area (TPSA) is 122 Å². The van der Waals surface area contributed by atoms with E-state index in [2.05, 4.69) is 10.3 Å². The van der Waals surface area contributed by atoms with Crippen molar-refractivity contribution >= 4 is 11.9 Å². The van der Waals surface area contributed by atoms with Crippen LogP contribution in [0.5, 0.6) is 0 Å². The molecule has 132 valence electrons. The molecule has 1 amide bonds. The van der Waals surface area contributed by atoms with E-state index in [-0.39, 0.29) is 12.1 Å². The summed E-state index contributed by atoms with van der Waals surface area (Å²) >= 11 is 0. The lowest BCUT2D eigenvalue weighted by Gasteiger charge is -2.33. The first-order chi connectivity index (χ1) is 12.0. The molecule has 3 N–H and O–H groups in total. The van der Waals surface area contributed by atoms with Crippen LogP contribution in [0.4, 0.5) is 0 Å². The van der Waals surface area contributed by atoms with E-state index in [1.807, 2.05) is 0 Å². The highest BCUT2D eigenvalue weighted by Gasteiger charge is 2.40. The fourth-order valence-electron chi connectivity index (χ4n) is 2.80. The van der Waals surface area contributed by atoms with Crippen LogP contribution < -0.4 is 10.9 Å². The monoisotopic (exact) mass is 346 g/mol. The lowest BCUT2D eigenvalue weighted by Crippen LogP contribution is -2.47. The van der Waals surface area contributed by atoms with Gasteiger partial charge in [0, 0.05) is 19.8 Å². The van der Waals surface area contributed by atoms with Crippen molar-refractivity contribution < 1.29 is 23.8 Å². The number of aliphatic carboxylic acids is 1. The molecule has 0 aliphatic carbocycles. The SMILES string of the molecule is O=C(NCC1(C(=O)O)CCOCC1)c1ccc(-c2ccco2)[nH]c1=O. The van der Waals surface area contributed by atoms with Gasteiger partial charge in [-0.05, 0) is 37.1 Å². The molecular formula is C17H18N2O6. The van der Waals surface area contributed by atoms with Gasteiger partial charge in [-0.25, -0.2) is 0 Å². The number of rotatable bonds is 5. The third-order valence-corrected chi connectivity index (χ3v) is 4.43. The average Bonchev–Trinajstić information content (AvgIpc) is 3.15. The molecule has 0 aromatic carbocycles. The summed E-state index contributed by atoms with van der Waals surface area (Å²) in [4.78, 5) is 38.6. The van der Waals surface area contributed by atoms with Crippen molar-refractivity contribution in [3.8, 4) is 11.5 Å². The summed E-state index contributed by atoms with van der Waals surface area (Å²) in [5.41, 5.74) is -1.25. The highest BCUT2D eigenvalue weighted by atomic mass is 16.5. The van der Waals surface area contributed by atoms with Crippen molar-refractivity contribution in [3.05, 3.63) is 46.4 Å². The van der Waals surface area contributed by atoms with Crippen LogP contribution in [0.25, 0.3) is 11.5 Å². The predicted molar refractivity (Wildman–Crippen MR) is 87.2 cm³/mol. The number of aromatic nitrogens is 1. The first-order valence-electron chi connectivity index (χ1n) is 7.88. The van der Waals surface area contributed by atoms with Crippen LogP contribution in [0.2, 0.25) is 0 Å². The lowest BCUT2D eigenvalue weighted by atomic mass is 9.80. The van der Waals surface area contributed by atoms with Crippen LogP contribution in [0.3, 0.4) is 0 Å². The Morgan fingerprint density at radius 2 is 2.00 bits per heavy atom. The number of carbonyl (C=O) groups excluding carboxylic acids is 1. The molecule has 1 aliphatic heterocycles. The van der Waals surface area contributed by atoms with Crippen LogP contribution >= 0.6 is 0 Å². The minimum absolute atomic E-state index is 0.0517. The molecule has 0 saturated carbocycles. The smallest absolute Gasteiger partial charge is 0.311 e. The molecule has 1 aliphatic rings. The molecule has 0 unspecified atom stereocenters. The number of carbonyl (C=O) groups is 2. The second-order valence-corrected chi connectivity index (χ2v) is 5.97. The van der Waals surface area contributed by atoms with E-state index in [1.54, 1.807) is 18.2 Å². The normalized spacial score (nSPS) is 16.3. The van der Waals surface area contributed by atoms with Crippen molar-refractivity contribution in [3.63, 3.8) is 0 Å². The molecule has 2 aromatic rings. The first kappa shape index (κ1) is 17.0. The van der Waals surface area contributed by atoms with Crippen molar-refractivity contribution in [2.45, 2.75) is 12.8 Å². The van der Waals surface area contributed by atoms with Gasteiger partial charge < -0.3 is 24.6 Å². The average molecular weight is 346 g/mol. The highest BCUT2D eigenvalue weighted by Crippen LogP contribution is 2.30. The van der Waals surface area contributed by atoms with Crippen LogP contribution in [0.1, 0.15) is 23.2 Å². The molecule has 0 atom stereocenters. The number of aromatic amines is 1. The molecule has 0 bridgehead atoms. The van der Waals surface area contributed by atoms with Gasteiger partial charge >= 0.3 is 5.97 Å². The Balaban J connectivity index is 1.73. The van der Waals surface area contributed by atoms with Gasteiger partial charge in [-0.2, -0.15) is 0 Å². The van der Waals surface area contributed by atoms with Crippen LogP contribution in [0, 0.1) is 5.41 Å². The van der Waals surface area contributed by atoms with Gasteiger partial charge in [0.1, 0.15) is 11.3 Å². The number of carboxylic acids is 1. The van der Waals surface area contributed by atoms with Crippen molar-refractivity contribution in [1.82, 2.24) is 10.3 Å². The zero-order valence-electron chi connectivity index (χ0n) is 13.4. The third kappa shape index (κ3) is 3.48. The van der Waals surface area contributed by atoms with Gasteiger partial charge in [-0.15, -0.1) is 0 Å². The van der Waals surface area contributed by atoms with Gasteiger partial charge in [0.2, 0.25) is 0 Å². The van der Waals surface area contributed by atoms with E-state index in [0.717, 1.165) is 0 Å². The Labute approximate surface area is 142 Å². The summed E-state index contributed by atoms with van der Waals surface area (Å²) in [7, 11) is 0. The minimum Gasteiger partial charge on any atom is -0.481 e. The summed E-state index contributed by atoms with van der Waals surface area (Å²) in [6.45, 7) is 0.616. The molecule has 3 rings (SSSR count). The molecule has 2 aromatic heterocycles. The second kappa shape index (κ2) is 6.94. The summed E-state index contributed by atoms with van der Waals surface area (Å²) in [6, 6.07) is 6.33. The standard InChI is InChI=1S/C17H18N2O6/c20-14(18-10-17(16(22)23)5-8-24-9-6-17)11-3-4-12(19-15(11)21)13-2-1-7-25-13/h1-4,7H,5-6,8-10H2,(H,18,20)(H,19,21)(H,22,23). The number of pyridine rings is 1. The van der Waals surface area contributed by atoms with Gasteiger partial charge in [-0.3, -0.25) is 14.4 Å². The summed E-state index contributed by atoms with van der Waals surface area (Å²) in [5.74, 6) is -1.10. The number of furan rings is 1. The predicted octanol–water partition coefficient (Wildman–Crippen LogP) is 1.25. The Morgan fingerprint density at radius 3 is 2.60 bits per heavy atom. The van der Waals surface area contributed by atoms with Crippen molar-refractivity contribution in [2.24, 2.45) is 5.41 Å². The van der Waals surface area contributed by atoms with Crippen LogP contribution in [-0.4, -0.2) is 41.7 Å². The van der Waals surface area contributed by atoms with Gasteiger partial charge in [0.15, 0.2) is 0 Å². The molecule has 3 heterocycles. The minimum atomic E-state index is -1.06. The zero-order valence-corrected chi connectivity index (χ0v) is 13.4. The fourth-order valence-corrected chi connectivity index (χ4v) is 2.80. The van der Waals surface area contributed by atoms with E-state index >= 15 is 0 Å². The molecule has 8 heteroatoms. The molecule has 1 fully saturated rings. The number of ether oxygens (including phenoxy) is 1. The third-order valence-electron chi connectivity index (χ3n) is 4.43. The van der Waals surface area contributed by atoms with E-state index in [1.165, 1.54) is 12.3 Å². The summed E-state index contributed by atoms with van der Waals surface area (Å²) in [6.07, 6.45) is 2.11. The van der Waals surface area contributed by atoms with Crippen molar-refractivity contribution in [2.75, 3.05) is 19.8 Å². The Kier molecular flexibility index (Phi) is 4.71. The molecule has 0 radical (unpaired) electrons. The Bertz CT molecular complexity index is 818. The second-order valence-electron chi connectivity index (χ2n) is 5.97. The van der Waals surface area contributed by atoms with E-state index in [4.69, 9.17) is 9.15 Å². The number of amides is 1. The van der Waals surface area contributed by atoms with Gasteiger partial charge in [0.05, 0.1) is 17.4 Å². The number of carboxylic acid groups (broad SMARTS) is 1. The quantitative estimate of drug-likeness (QED) is 0.749. The summed E-state index contributed by atoms with van der Waals surface area (Å²) in [5, 5.41) is 12.1. The molecule has 8 nitrogen and oxygen atoms in total. The maximum Gasteiger partial charge on any atom is 0.311 e. The first-order valence-corrected chi connectivity index (χ1v) is 7.88. The lowest BCUT2D eigenvalue weighted by molar-refractivity contribution is -0.154. The Morgan fingerprint density at radius 1 is 1.24 bits per heavy atom. The van der Waals surface area contributed by atoms with Gasteiger partial charge in [0.25, 0.3) is 11.5 Å². The largest absolute Gasteiger partial charge is 0.481 e. The fraction of sp³-hybridized carbons (Fsp3) is 0.353. The van der Waals surface area contributed by atoms with E-state index < -0.39 is 22.9 Å². The number of nitrogens with one attached hydrogen (secondary N) is 2. The Hall–Kier alpha value is -2.87. The molecular weight excluding hydrogens is 328 g/mol. The number of hydrogen-bond acceptors (Lipinski definition) is 5. The van der Waals surface area contributed by atoms with Gasteiger partial charge in [-0.1, -0.05) is 0 Å². The zero-order chi connectivity index (χ0) is 17.9. The maximum atomic E-state index is 12.3. The molecule has 1 saturated heterocycles. The highest BCUT2D eigenvalue weighted by molar-refractivity contribution is 5.94. The van der Waals surface area contributed by atoms with E-state index in [0.29, 0.717) is 37.5 Å². The number of H-pyrrole nitrogens is 1. The number of hydrogen-bond donors (Lipinski definition) is 3. The van der Waals surface area contributed by atoms with Crippen LogP contribution in [-0.2, 0) is 9.53 Å². The summed E-state index contributed by atoms with van der Waals surface area (Å²) < 4.78 is 10.4. The van der Waals surface area contributed by atoms with Crippen molar-refractivity contribution in [1.29, 1.82) is 0 Å².